The third kappa shape index (κ3) is 5.68. The van der Waals surface area contributed by atoms with Gasteiger partial charge in [0.2, 0.25) is 11.8 Å². The Morgan fingerprint density at radius 3 is 2.56 bits per heavy atom. The molecule has 1 saturated heterocycles. The molecular formula is C33H30FN7O3S. The fraction of sp³-hybridized carbons (Fsp3) is 0.273. The number of nitrogens with zero attached hydrogens (tertiary/aromatic N) is 5. The van der Waals surface area contributed by atoms with Gasteiger partial charge in [-0.2, -0.15) is 15.3 Å². The second kappa shape index (κ2) is 11.8. The number of hydrogen-bond donors (Lipinski definition) is 2. The number of carbonyl (C=O) groups is 3. The predicted octanol–water partition coefficient (Wildman–Crippen LogP) is 4.78. The molecule has 1 aliphatic carbocycles. The summed E-state index contributed by atoms with van der Waals surface area (Å²) in [7, 11) is 0. The number of benzene rings is 2. The monoisotopic (exact) mass is 623 g/mol. The number of nitrogens with two attached hydrogens (primary N) is 1. The lowest BCUT2D eigenvalue weighted by atomic mass is 9.89. The first kappa shape index (κ1) is 28.8. The van der Waals surface area contributed by atoms with Crippen molar-refractivity contribution < 1.29 is 18.8 Å². The van der Waals surface area contributed by atoms with Gasteiger partial charge in [0.25, 0.3) is 5.91 Å². The number of primary amides is 1. The van der Waals surface area contributed by atoms with E-state index in [4.69, 9.17) is 5.73 Å². The first-order valence-electron chi connectivity index (χ1n) is 14.9. The summed E-state index contributed by atoms with van der Waals surface area (Å²) < 4.78 is 16.1. The van der Waals surface area contributed by atoms with Crippen LogP contribution in [-0.2, 0) is 29.0 Å². The molecule has 3 aromatic heterocycles. The van der Waals surface area contributed by atoms with E-state index in [-0.39, 0.29) is 25.2 Å². The molecule has 0 spiro atoms. The first-order valence-corrected chi connectivity index (χ1v) is 15.7. The van der Waals surface area contributed by atoms with Crippen LogP contribution in [0.25, 0.3) is 33.2 Å². The summed E-state index contributed by atoms with van der Waals surface area (Å²) in [6.45, 7) is -0.499. The van der Waals surface area contributed by atoms with E-state index in [0.29, 0.717) is 15.9 Å². The number of aryl methyl sites for hydroxylation is 2. The summed E-state index contributed by atoms with van der Waals surface area (Å²) in [5.74, 6) is -1.68. The minimum Gasteiger partial charge on any atom is -0.364 e. The van der Waals surface area contributed by atoms with Crippen molar-refractivity contribution in [2.45, 2.75) is 50.9 Å². The van der Waals surface area contributed by atoms with Crippen LogP contribution in [-0.4, -0.2) is 61.4 Å². The molecular weight excluding hydrogens is 593 g/mol. The number of anilines is 1. The van der Waals surface area contributed by atoms with Crippen LogP contribution in [0.1, 0.15) is 40.9 Å². The van der Waals surface area contributed by atoms with Crippen LogP contribution in [0, 0.1) is 0 Å². The van der Waals surface area contributed by atoms with Gasteiger partial charge in [0.1, 0.15) is 18.8 Å². The number of rotatable bonds is 7. The Labute approximate surface area is 262 Å². The highest BCUT2D eigenvalue weighted by molar-refractivity contribution is 7.14. The Hall–Kier alpha value is -4.97. The van der Waals surface area contributed by atoms with E-state index < -0.39 is 29.9 Å². The standard InChI is InChI=1S/C33H30FN7O3S/c34-25-14-28(33(44)38-29-13-24(18-45-29)21-6-5-19-3-1-2-4-20(19)11-21)40(16-25)30(42)17-41-27-8-7-22(23-9-10-36-37-15-23)12-26(27)31(39-41)32(35)43/h5-13,15,18,25,28H,1-4,14,16-17H2,(H2,35,43)(H,38,44). The molecule has 1 fully saturated rings. The van der Waals surface area contributed by atoms with Crippen LogP contribution in [0.5, 0.6) is 0 Å². The molecule has 0 bridgehead atoms. The van der Waals surface area contributed by atoms with Gasteiger partial charge in [0, 0.05) is 22.8 Å². The minimum atomic E-state index is -1.34. The summed E-state index contributed by atoms with van der Waals surface area (Å²) >= 11 is 1.39. The Bertz CT molecular complexity index is 1940. The van der Waals surface area contributed by atoms with Crippen molar-refractivity contribution in [1.82, 2.24) is 24.9 Å². The highest BCUT2D eigenvalue weighted by atomic mass is 32.1. The molecule has 10 nitrogen and oxygen atoms in total. The SMILES string of the molecule is NC(=O)c1nn(CC(=O)N2CC(F)CC2C(=O)Nc2cc(-c3ccc4c(c3)CCCC4)cs2)c2ccc(-c3ccnnc3)cc12. The lowest BCUT2D eigenvalue weighted by molar-refractivity contribution is -0.137. The fourth-order valence-corrected chi connectivity index (χ4v) is 7.13. The number of carbonyl (C=O) groups excluding carboxylic acids is 3. The minimum absolute atomic E-state index is 0.00757. The number of thiophene rings is 1. The van der Waals surface area contributed by atoms with Crippen molar-refractivity contribution in [2.75, 3.05) is 11.9 Å². The topological polar surface area (TPSA) is 136 Å². The zero-order chi connectivity index (χ0) is 31.1. The fourth-order valence-electron chi connectivity index (χ4n) is 6.32. The number of likely N-dealkylation sites (tertiary alicyclic amines) is 1. The molecule has 0 saturated carbocycles. The molecule has 0 radical (unpaired) electrons. The number of fused-ring (bicyclic) bond motifs is 2. The number of amides is 3. The van der Waals surface area contributed by atoms with E-state index in [9.17, 15) is 18.8 Å². The summed E-state index contributed by atoms with van der Waals surface area (Å²) in [4.78, 5) is 40.4. The maximum absolute atomic E-state index is 14.7. The van der Waals surface area contributed by atoms with Crippen LogP contribution < -0.4 is 11.1 Å². The van der Waals surface area contributed by atoms with Gasteiger partial charge in [0.15, 0.2) is 5.69 Å². The van der Waals surface area contributed by atoms with Crippen molar-refractivity contribution in [1.29, 1.82) is 0 Å². The number of aromatic nitrogens is 4. The second-order valence-electron chi connectivity index (χ2n) is 11.5. The molecule has 45 heavy (non-hydrogen) atoms. The lowest BCUT2D eigenvalue weighted by Crippen LogP contribution is -2.44. The Kier molecular flexibility index (Phi) is 7.58. The van der Waals surface area contributed by atoms with Gasteiger partial charge >= 0.3 is 0 Å². The van der Waals surface area contributed by atoms with Crippen molar-refractivity contribution in [3.8, 4) is 22.3 Å². The Morgan fingerprint density at radius 1 is 0.956 bits per heavy atom. The number of halogens is 1. The lowest BCUT2D eigenvalue weighted by Gasteiger charge is -2.23. The zero-order valence-electron chi connectivity index (χ0n) is 24.3. The van der Waals surface area contributed by atoms with Gasteiger partial charge in [-0.15, -0.1) is 11.3 Å². The Morgan fingerprint density at radius 2 is 1.76 bits per heavy atom. The molecule has 228 valence electrons. The molecule has 12 heteroatoms. The molecule has 1 aliphatic heterocycles. The molecule has 7 rings (SSSR count). The van der Waals surface area contributed by atoms with E-state index in [0.717, 1.165) is 35.1 Å². The summed E-state index contributed by atoms with van der Waals surface area (Å²) in [5.41, 5.74) is 12.6. The Balaban J connectivity index is 1.08. The summed E-state index contributed by atoms with van der Waals surface area (Å²) in [6.07, 6.45) is 6.32. The third-order valence-corrected chi connectivity index (χ3v) is 9.43. The maximum atomic E-state index is 14.7. The van der Waals surface area contributed by atoms with Gasteiger partial charge in [-0.1, -0.05) is 24.3 Å². The molecule has 2 unspecified atom stereocenters. The summed E-state index contributed by atoms with van der Waals surface area (Å²) in [6, 6.07) is 14.6. The normalized spacial score (nSPS) is 17.8. The van der Waals surface area contributed by atoms with Crippen LogP contribution in [0.3, 0.4) is 0 Å². The van der Waals surface area contributed by atoms with Crippen LogP contribution in [0.4, 0.5) is 9.39 Å². The number of nitrogens with one attached hydrogen (secondary N) is 1. The van der Waals surface area contributed by atoms with E-state index in [1.165, 1.54) is 44.9 Å². The van der Waals surface area contributed by atoms with E-state index in [1.807, 2.05) is 17.5 Å². The van der Waals surface area contributed by atoms with Crippen LogP contribution in [0.2, 0.25) is 0 Å². The predicted molar refractivity (Wildman–Crippen MR) is 169 cm³/mol. The van der Waals surface area contributed by atoms with Gasteiger partial charge in [-0.05, 0) is 77.8 Å². The average Bonchev–Trinajstić information content (AvgIpc) is 3.78. The quantitative estimate of drug-likeness (QED) is 0.268. The highest BCUT2D eigenvalue weighted by Crippen LogP contribution is 2.33. The van der Waals surface area contributed by atoms with Crippen molar-refractivity contribution in [3.05, 3.63) is 83.1 Å². The molecule has 2 aliphatic rings. The van der Waals surface area contributed by atoms with E-state index in [1.54, 1.807) is 30.6 Å². The highest BCUT2D eigenvalue weighted by Gasteiger charge is 2.40. The van der Waals surface area contributed by atoms with E-state index in [2.05, 4.69) is 38.8 Å². The smallest absolute Gasteiger partial charge is 0.269 e. The third-order valence-electron chi connectivity index (χ3n) is 8.59. The first-order chi connectivity index (χ1) is 21.8. The van der Waals surface area contributed by atoms with Crippen molar-refractivity contribution in [2.24, 2.45) is 5.73 Å². The average molecular weight is 624 g/mol. The van der Waals surface area contributed by atoms with Crippen molar-refractivity contribution in [3.63, 3.8) is 0 Å². The van der Waals surface area contributed by atoms with Crippen LogP contribution >= 0.6 is 11.3 Å². The largest absolute Gasteiger partial charge is 0.364 e. The second-order valence-corrected chi connectivity index (χ2v) is 12.4. The maximum Gasteiger partial charge on any atom is 0.269 e. The molecule has 2 aromatic carbocycles. The van der Waals surface area contributed by atoms with Gasteiger partial charge < -0.3 is 16.0 Å². The number of hydrogen-bond acceptors (Lipinski definition) is 7. The van der Waals surface area contributed by atoms with Gasteiger partial charge in [-0.25, -0.2) is 4.39 Å². The molecule has 3 amide bonds. The van der Waals surface area contributed by atoms with Gasteiger partial charge in [-0.3, -0.25) is 19.1 Å². The van der Waals surface area contributed by atoms with E-state index >= 15 is 0 Å². The summed E-state index contributed by atoms with van der Waals surface area (Å²) in [5, 5.41) is 18.0. The molecule has 2 atom stereocenters. The van der Waals surface area contributed by atoms with Crippen molar-refractivity contribution >= 4 is 45.0 Å². The van der Waals surface area contributed by atoms with Crippen LogP contribution in [0.15, 0.2) is 66.3 Å². The molecule has 4 heterocycles. The number of alkyl halides is 1. The van der Waals surface area contributed by atoms with Gasteiger partial charge in [0.05, 0.1) is 29.5 Å². The molecule has 3 N–H and O–H groups in total. The molecule has 5 aromatic rings. The zero-order valence-corrected chi connectivity index (χ0v) is 25.1.